The molecule has 7 nitrogen and oxygen atoms in total. The highest BCUT2D eigenvalue weighted by Crippen LogP contribution is 2.29. The van der Waals surface area contributed by atoms with Gasteiger partial charge in [-0.2, -0.15) is 9.78 Å². The lowest BCUT2D eigenvalue weighted by molar-refractivity contribution is 0.0730. The van der Waals surface area contributed by atoms with Crippen LogP contribution in [0.25, 0.3) is 0 Å². The van der Waals surface area contributed by atoms with E-state index in [9.17, 15) is 9.59 Å². The zero-order chi connectivity index (χ0) is 21.0. The van der Waals surface area contributed by atoms with Crippen LogP contribution in [0.15, 0.2) is 64.5 Å². The van der Waals surface area contributed by atoms with Crippen molar-refractivity contribution >= 4 is 29.6 Å². The first-order valence-corrected chi connectivity index (χ1v) is 8.95. The molecule has 0 bridgehead atoms. The van der Waals surface area contributed by atoms with E-state index in [2.05, 4.69) is 5.10 Å². The van der Waals surface area contributed by atoms with Crippen molar-refractivity contribution < 1.29 is 14.3 Å². The summed E-state index contributed by atoms with van der Waals surface area (Å²) in [5.41, 5.74) is 7.13. The third-order valence-electron chi connectivity index (χ3n) is 3.99. The van der Waals surface area contributed by atoms with Crippen molar-refractivity contribution in [1.82, 2.24) is 4.68 Å². The number of nitrogens with two attached hydrogens (primary N) is 1. The number of nitrogens with zero attached hydrogens (tertiary/aromatic N) is 2. The fourth-order valence-electron chi connectivity index (χ4n) is 2.60. The van der Waals surface area contributed by atoms with Crippen LogP contribution in [0.2, 0.25) is 5.02 Å². The molecule has 0 spiro atoms. The van der Waals surface area contributed by atoms with Crippen molar-refractivity contribution in [2.75, 3.05) is 12.8 Å². The smallest absolute Gasteiger partial charge is 0.345 e. The minimum absolute atomic E-state index is 0.224. The van der Waals surface area contributed by atoms with Crippen LogP contribution in [0, 0.1) is 6.92 Å². The maximum atomic E-state index is 12.4. The van der Waals surface area contributed by atoms with Crippen LogP contribution in [0.3, 0.4) is 0 Å². The summed E-state index contributed by atoms with van der Waals surface area (Å²) in [5, 5.41) is 4.41. The summed E-state index contributed by atoms with van der Waals surface area (Å²) >= 11 is 6.03. The van der Waals surface area contributed by atoms with E-state index in [1.54, 1.807) is 55.5 Å². The standard InChI is InChI=1S/C21H18ClN3O4/c1-13-9-19(23)25(20(26)10-13)24-12-14-7-8-17(18(11-14)28-2)29-21(27)15-5-3-4-6-16(15)22/h3-12H,23H2,1-2H3. The van der Waals surface area contributed by atoms with Crippen LogP contribution in [-0.2, 0) is 0 Å². The van der Waals surface area contributed by atoms with Crippen molar-refractivity contribution in [3.05, 3.63) is 86.7 Å². The van der Waals surface area contributed by atoms with Crippen molar-refractivity contribution in [3.8, 4) is 11.5 Å². The fourth-order valence-corrected chi connectivity index (χ4v) is 2.81. The fraction of sp³-hybridized carbons (Fsp3) is 0.0952. The zero-order valence-electron chi connectivity index (χ0n) is 15.8. The van der Waals surface area contributed by atoms with E-state index < -0.39 is 5.97 Å². The lowest BCUT2D eigenvalue weighted by atomic mass is 10.2. The number of methoxy groups -OCH3 is 1. The Morgan fingerprint density at radius 1 is 1.14 bits per heavy atom. The monoisotopic (exact) mass is 411 g/mol. The molecule has 2 aromatic carbocycles. The second-order valence-electron chi connectivity index (χ2n) is 6.13. The second-order valence-corrected chi connectivity index (χ2v) is 6.54. The number of hydrogen-bond donors (Lipinski definition) is 1. The van der Waals surface area contributed by atoms with Gasteiger partial charge >= 0.3 is 5.97 Å². The second kappa shape index (κ2) is 8.62. The largest absolute Gasteiger partial charge is 0.493 e. The average Bonchev–Trinajstić information content (AvgIpc) is 2.68. The first-order chi connectivity index (χ1) is 13.9. The Labute approximate surface area is 171 Å². The third-order valence-corrected chi connectivity index (χ3v) is 4.32. The van der Waals surface area contributed by atoms with Gasteiger partial charge in [-0.1, -0.05) is 23.7 Å². The SMILES string of the molecule is COc1cc(C=Nn2c(N)cc(C)cc2=O)ccc1OC(=O)c1ccccc1Cl. The molecule has 0 fully saturated rings. The van der Waals surface area contributed by atoms with Crippen molar-refractivity contribution in [3.63, 3.8) is 0 Å². The van der Waals surface area contributed by atoms with E-state index in [4.69, 9.17) is 26.8 Å². The van der Waals surface area contributed by atoms with Gasteiger partial charge in [-0.05, 0) is 54.4 Å². The van der Waals surface area contributed by atoms with Crippen LogP contribution < -0.4 is 20.8 Å². The Balaban J connectivity index is 1.85. The zero-order valence-corrected chi connectivity index (χ0v) is 16.5. The Morgan fingerprint density at radius 2 is 1.90 bits per heavy atom. The van der Waals surface area contributed by atoms with Gasteiger partial charge in [-0.3, -0.25) is 4.79 Å². The lowest BCUT2D eigenvalue weighted by Gasteiger charge is -2.10. The van der Waals surface area contributed by atoms with Gasteiger partial charge in [0.1, 0.15) is 5.82 Å². The molecular weight excluding hydrogens is 394 g/mol. The number of aromatic nitrogens is 1. The number of hydrogen-bond acceptors (Lipinski definition) is 6. The summed E-state index contributed by atoms with van der Waals surface area (Å²) in [7, 11) is 1.45. The molecule has 3 aromatic rings. The van der Waals surface area contributed by atoms with E-state index in [-0.39, 0.29) is 22.7 Å². The van der Waals surface area contributed by atoms with E-state index in [0.29, 0.717) is 16.3 Å². The van der Waals surface area contributed by atoms with Gasteiger partial charge in [0.15, 0.2) is 11.5 Å². The molecule has 0 aliphatic rings. The first-order valence-electron chi connectivity index (χ1n) is 8.57. The molecule has 1 heterocycles. The quantitative estimate of drug-likeness (QED) is 0.394. The van der Waals surface area contributed by atoms with Gasteiger partial charge in [0.05, 0.1) is 23.9 Å². The number of pyridine rings is 1. The van der Waals surface area contributed by atoms with E-state index in [1.165, 1.54) is 19.4 Å². The number of benzene rings is 2. The average molecular weight is 412 g/mol. The number of esters is 1. The van der Waals surface area contributed by atoms with Gasteiger partial charge in [-0.15, -0.1) is 0 Å². The number of carbonyl (C=O) groups is 1. The summed E-state index contributed by atoms with van der Waals surface area (Å²) < 4.78 is 11.8. The summed E-state index contributed by atoms with van der Waals surface area (Å²) in [5.74, 6) is 0.165. The van der Waals surface area contributed by atoms with E-state index in [1.807, 2.05) is 0 Å². The highest BCUT2D eigenvalue weighted by Gasteiger charge is 2.15. The van der Waals surface area contributed by atoms with E-state index >= 15 is 0 Å². The van der Waals surface area contributed by atoms with Crippen LogP contribution in [0.4, 0.5) is 5.82 Å². The molecule has 0 aliphatic carbocycles. The van der Waals surface area contributed by atoms with Gasteiger partial charge in [-0.25, -0.2) is 4.79 Å². The minimum Gasteiger partial charge on any atom is -0.493 e. The molecule has 0 amide bonds. The van der Waals surface area contributed by atoms with Crippen molar-refractivity contribution in [1.29, 1.82) is 0 Å². The van der Waals surface area contributed by atoms with Crippen LogP contribution in [0.5, 0.6) is 11.5 Å². The summed E-state index contributed by atoms with van der Waals surface area (Å²) in [6.45, 7) is 1.78. The molecule has 0 aliphatic heterocycles. The molecule has 0 unspecified atom stereocenters. The first kappa shape index (κ1) is 20.2. The molecule has 2 N–H and O–H groups in total. The maximum absolute atomic E-state index is 12.4. The number of rotatable bonds is 5. The number of aryl methyl sites for hydroxylation is 1. The lowest BCUT2D eigenvalue weighted by Crippen LogP contribution is -2.19. The predicted octanol–water partition coefficient (Wildman–Crippen LogP) is 3.50. The van der Waals surface area contributed by atoms with Crippen molar-refractivity contribution in [2.24, 2.45) is 5.10 Å². The normalized spacial score (nSPS) is 10.9. The summed E-state index contributed by atoms with van der Waals surface area (Å²) in [4.78, 5) is 24.4. The predicted molar refractivity (Wildman–Crippen MR) is 112 cm³/mol. The topological polar surface area (TPSA) is 95.9 Å². The molecule has 3 rings (SSSR count). The maximum Gasteiger partial charge on any atom is 0.345 e. The molecular formula is C21H18ClN3O4. The van der Waals surface area contributed by atoms with Crippen LogP contribution in [0.1, 0.15) is 21.5 Å². The summed E-state index contributed by atoms with van der Waals surface area (Å²) in [6.07, 6.45) is 1.45. The highest BCUT2D eigenvalue weighted by atomic mass is 35.5. The molecule has 29 heavy (non-hydrogen) atoms. The van der Waals surface area contributed by atoms with Gasteiger partial charge < -0.3 is 15.2 Å². The number of anilines is 1. The number of ether oxygens (including phenoxy) is 2. The van der Waals surface area contributed by atoms with Gasteiger partial charge in [0, 0.05) is 6.07 Å². The Hall–Kier alpha value is -3.58. The molecule has 1 aromatic heterocycles. The van der Waals surface area contributed by atoms with Gasteiger partial charge in [0.2, 0.25) is 0 Å². The highest BCUT2D eigenvalue weighted by molar-refractivity contribution is 6.33. The van der Waals surface area contributed by atoms with Crippen LogP contribution in [-0.4, -0.2) is 24.0 Å². The van der Waals surface area contributed by atoms with E-state index in [0.717, 1.165) is 10.2 Å². The van der Waals surface area contributed by atoms with Gasteiger partial charge in [0.25, 0.3) is 5.56 Å². The Morgan fingerprint density at radius 3 is 2.59 bits per heavy atom. The number of nitrogen functional groups attached to an aromatic ring is 1. The molecule has 0 saturated carbocycles. The molecule has 0 radical (unpaired) electrons. The molecule has 0 saturated heterocycles. The number of carbonyl (C=O) groups excluding carboxylic acids is 1. The molecule has 0 atom stereocenters. The minimum atomic E-state index is -0.603. The molecule has 148 valence electrons. The summed E-state index contributed by atoms with van der Waals surface area (Å²) in [6, 6.07) is 14.5. The number of halogens is 1. The Bertz CT molecular complexity index is 1150. The van der Waals surface area contributed by atoms with Crippen molar-refractivity contribution in [2.45, 2.75) is 6.92 Å². The van der Waals surface area contributed by atoms with Crippen LogP contribution >= 0.6 is 11.6 Å². The third kappa shape index (κ3) is 4.64. The molecule has 8 heteroatoms. The Kier molecular flexibility index (Phi) is 5.99.